The first-order valence-corrected chi connectivity index (χ1v) is 10.8. The minimum absolute atomic E-state index is 0.0928. The van der Waals surface area contributed by atoms with Gasteiger partial charge in [-0.15, -0.1) is 4.91 Å². The molecule has 0 bridgehead atoms. The number of ether oxygens (including phenoxy) is 1. The lowest BCUT2D eigenvalue weighted by Crippen LogP contribution is -2.30. The maximum absolute atomic E-state index is 13.9. The molecule has 1 aromatic carbocycles. The Balaban J connectivity index is 1.54. The molecule has 1 aliphatic rings. The van der Waals surface area contributed by atoms with Crippen molar-refractivity contribution in [3.05, 3.63) is 63.1 Å². The van der Waals surface area contributed by atoms with Gasteiger partial charge in [-0.05, 0) is 38.0 Å². The van der Waals surface area contributed by atoms with Gasteiger partial charge in [0.1, 0.15) is 11.9 Å². The van der Waals surface area contributed by atoms with Crippen LogP contribution in [0.3, 0.4) is 0 Å². The molecule has 2 aromatic heterocycles. The van der Waals surface area contributed by atoms with Crippen molar-refractivity contribution >= 4 is 29.0 Å². The molecular weight excluding hydrogens is 458 g/mol. The zero-order valence-electron chi connectivity index (χ0n) is 17.2. The standard InChI is InChI=1S/C21H21Cl2FN6O2/c1-12(19-16(22)2-3-17(24)20(19)23)32-18-8-13(9-26-21(18)25)14-10-27-30(11-14)15-4-6-29(28-31)7-5-15/h2-3,8-12,15H,4-7H2,1H3,(H2,25,26)/t12-/m1/s1. The van der Waals surface area contributed by atoms with Crippen LogP contribution in [0.2, 0.25) is 10.0 Å². The minimum Gasteiger partial charge on any atom is -0.482 e. The molecule has 0 aliphatic carbocycles. The molecule has 0 spiro atoms. The number of nitrogen functional groups attached to an aromatic ring is 1. The van der Waals surface area contributed by atoms with Crippen LogP contribution in [0.4, 0.5) is 10.2 Å². The Hall–Kier alpha value is -2.91. The number of piperidine rings is 1. The van der Waals surface area contributed by atoms with E-state index in [2.05, 4.69) is 15.4 Å². The van der Waals surface area contributed by atoms with Gasteiger partial charge in [-0.25, -0.2) is 9.37 Å². The van der Waals surface area contributed by atoms with Crippen molar-refractivity contribution in [2.75, 3.05) is 18.8 Å². The van der Waals surface area contributed by atoms with Gasteiger partial charge in [0, 0.05) is 47.2 Å². The highest BCUT2D eigenvalue weighted by Gasteiger charge is 2.22. The molecule has 8 nitrogen and oxygen atoms in total. The van der Waals surface area contributed by atoms with Gasteiger partial charge < -0.3 is 10.5 Å². The average molecular weight is 479 g/mol. The molecule has 3 aromatic rings. The van der Waals surface area contributed by atoms with Crippen molar-refractivity contribution in [3.8, 4) is 16.9 Å². The fourth-order valence-corrected chi connectivity index (χ4v) is 4.44. The number of aromatic nitrogens is 3. The third-order valence-electron chi connectivity index (χ3n) is 5.54. The largest absolute Gasteiger partial charge is 0.482 e. The number of halogens is 3. The summed E-state index contributed by atoms with van der Waals surface area (Å²) < 4.78 is 21.8. The summed E-state index contributed by atoms with van der Waals surface area (Å²) in [5.41, 5.74) is 7.95. The van der Waals surface area contributed by atoms with Crippen LogP contribution in [0.5, 0.6) is 5.75 Å². The first-order valence-electron chi connectivity index (χ1n) is 10.1. The van der Waals surface area contributed by atoms with Gasteiger partial charge in [0.15, 0.2) is 11.6 Å². The number of hydrogen-bond donors (Lipinski definition) is 1. The molecule has 0 saturated carbocycles. The van der Waals surface area contributed by atoms with Crippen molar-refractivity contribution in [2.45, 2.75) is 31.9 Å². The van der Waals surface area contributed by atoms with E-state index in [4.69, 9.17) is 33.7 Å². The van der Waals surface area contributed by atoms with E-state index in [-0.39, 0.29) is 16.9 Å². The fraction of sp³-hybridized carbons (Fsp3) is 0.333. The summed E-state index contributed by atoms with van der Waals surface area (Å²) in [4.78, 5) is 14.9. The summed E-state index contributed by atoms with van der Waals surface area (Å²) >= 11 is 12.3. The third kappa shape index (κ3) is 4.49. The molecule has 11 heteroatoms. The van der Waals surface area contributed by atoms with Crippen LogP contribution >= 0.6 is 23.2 Å². The molecule has 2 N–H and O–H groups in total. The average Bonchev–Trinajstić information content (AvgIpc) is 3.28. The van der Waals surface area contributed by atoms with Crippen LogP contribution in [-0.4, -0.2) is 32.9 Å². The number of benzene rings is 1. The highest BCUT2D eigenvalue weighted by Crippen LogP contribution is 2.37. The molecular formula is C21H21Cl2FN6O2. The lowest BCUT2D eigenvalue weighted by molar-refractivity contribution is 0.184. The van der Waals surface area contributed by atoms with E-state index in [1.165, 1.54) is 17.1 Å². The van der Waals surface area contributed by atoms with Gasteiger partial charge in [-0.2, -0.15) is 5.10 Å². The zero-order valence-corrected chi connectivity index (χ0v) is 18.7. The van der Waals surface area contributed by atoms with E-state index in [9.17, 15) is 9.30 Å². The molecule has 4 rings (SSSR count). The van der Waals surface area contributed by atoms with Crippen molar-refractivity contribution < 1.29 is 9.13 Å². The highest BCUT2D eigenvalue weighted by molar-refractivity contribution is 6.36. The normalized spacial score (nSPS) is 15.6. The van der Waals surface area contributed by atoms with Crippen molar-refractivity contribution in [1.82, 2.24) is 19.8 Å². The van der Waals surface area contributed by atoms with Crippen molar-refractivity contribution in [3.63, 3.8) is 0 Å². The summed E-state index contributed by atoms with van der Waals surface area (Å²) in [7, 11) is 0. The lowest BCUT2D eigenvalue weighted by Gasteiger charge is -2.27. The number of nitrogens with two attached hydrogens (primary N) is 1. The molecule has 32 heavy (non-hydrogen) atoms. The summed E-state index contributed by atoms with van der Waals surface area (Å²) in [6.07, 6.45) is 6.21. The molecule has 0 unspecified atom stereocenters. The zero-order chi connectivity index (χ0) is 22.8. The quantitative estimate of drug-likeness (QED) is 0.374. The first kappa shape index (κ1) is 22.3. The summed E-state index contributed by atoms with van der Waals surface area (Å²) in [5, 5.41) is 9.19. The Morgan fingerprint density at radius 2 is 2.00 bits per heavy atom. The maximum Gasteiger partial charge on any atom is 0.166 e. The second-order valence-electron chi connectivity index (χ2n) is 7.60. The van der Waals surface area contributed by atoms with Crippen LogP contribution in [-0.2, 0) is 0 Å². The first-order chi connectivity index (χ1) is 15.4. The van der Waals surface area contributed by atoms with E-state index in [0.29, 0.717) is 29.4 Å². The summed E-state index contributed by atoms with van der Waals surface area (Å²) in [6, 6.07) is 4.57. The van der Waals surface area contributed by atoms with Crippen LogP contribution in [0, 0.1) is 10.7 Å². The number of hydrogen-bond acceptors (Lipinski definition) is 6. The van der Waals surface area contributed by atoms with Gasteiger partial charge in [-0.1, -0.05) is 23.2 Å². The minimum atomic E-state index is -0.663. The van der Waals surface area contributed by atoms with Crippen LogP contribution in [0.15, 0.2) is 42.1 Å². The molecule has 0 radical (unpaired) electrons. The third-order valence-corrected chi connectivity index (χ3v) is 6.25. The highest BCUT2D eigenvalue weighted by atomic mass is 35.5. The van der Waals surface area contributed by atoms with E-state index in [1.807, 2.05) is 10.9 Å². The summed E-state index contributed by atoms with van der Waals surface area (Å²) in [6.45, 7) is 2.92. The molecule has 1 atom stereocenters. The predicted molar refractivity (Wildman–Crippen MR) is 121 cm³/mol. The molecule has 1 fully saturated rings. The smallest absolute Gasteiger partial charge is 0.166 e. The monoisotopic (exact) mass is 478 g/mol. The number of anilines is 1. The lowest BCUT2D eigenvalue weighted by atomic mass is 10.1. The Labute approximate surface area is 194 Å². The van der Waals surface area contributed by atoms with E-state index in [0.717, 1.165) is 24.0 Å². The predicted octanol–water partition coefficient (Wildman–Crippen LogP) is 5.43. The van der Waals surface area contributed by atoms with Gasteiger partial charge in [-0.3, -0.25) is 9.69 Å². The van der Waals surface area contributed by atoms with E-state index in [1.54, 1.807) is 25.4 Å². The molecule has 1 saturated heterocycles. The van der Waals surface area contributed by atoms with Crippen molar-refractivity contribution in [2.24, 2.45) is 5.29 Å². The van der Waals surface area contributed by atoms with Gasteiger partial charge in [0.2, 0.25) is 0 Å². The topological polar surface area (TPSA) is 98.6 Å². The Bertz CT molecular complexity index is 1130. The van der Waals surface area contributed by atoms with Crippen LogP contribution in [0.1, 0.15) is 37.5 Å². The van der Waals surface area contributed by atoms with Crippen LogP contribution in [0.25, 0.3) is 11.1 Å². The maximum atomic E-state index is 13.9. The SMILES string of the molecule is C[C@@H](Oc1cc(-c2cnn(C3CCN(N=O)CC3)c2)cnc1N)c1c(Cl)ccc(F)c1Cl. The van der Waals surface area contributed by atoms with E-state index < -0.39 is 11.9 Å². The Morgan fingerprint density at radius 1 is 1.25 bits per heavy atom. The van der Waals surface area contributed by atoms with Gasteiger partial charge in [0.25, 0.3) is 0 Å². The molecule has 1 aliphatic heterocycles. The Morgan fingerprint density at radius 3 is 2.72 bits per heavy atom. The number of nitrogens with zero attached hydrogens (tertiary/aromatic N) is 5. The molecule has 3 heterocycles. The molecule has 168 valence electrons. The second kappa shape index (κ2) is 9.30. The Kier molecular flexibility index (Phi) is 6.48. The summed E-state index contributed by atoms with van der Waals surface area (Å²) in [5.74, 6) is -0.0709. The van der Waals surface area contributed by atoms with Crippen molar-refractivity contribution in [1.29, 1.82) is 0 Å². The van der Waals surface area contributed by atoms with Gasteiger partial charge in [0.05, 0.1) is 22.5 Å². The second-order valence-corrected chi connectivity index (χ2v) is 8.38. The number of pyridine rings is 1. The number of rotatable bonds is 6. The fourth-order valence-electron chi connectivity index (χ4n) is 3.76. The molecule has 0 amide bonds. The van der Waals surface area contributed by atoms with E-state index >= 15 is 0 Å². The number of nitroso groups, excluding NO2 is 1. The van der Waals surface area contributed by atoms with Crippen LogP contribution < -0.4 is 10.5 Å². The van der Waals surface area contributed by atoms with Gasteiger partial charge >= 0.3 is 0 Å².